The second kappa shape index (κ2) is 7.67. The summed E-state index contributed by atoms with van der Waals surface area (Å²) in [7, 11) is 0.454. The van der Waals surface area contributed by atoms with Crippen molar-refractivity contribution in [2.75, 3.05) is 21.2 Å². The van der Waals surface area contributed by atoms with Gasteiger partial charge in [-0.25, -0.2) is 17.5 Å². The maximum absolute atomic E-state index is 12.5. The summed E-state index contributed by atoms with van der Waals surface area (Å²) >= 11 is 1.58. The largest absolute Gasteiger partial charge is 0.495 e. The number of nitrogens with zero attached hydrogens (tertiary/aromatic N) is 1. The van der Waals surface area contributed by atoms with Crippen molar-refractivity contribution < 1.29 is 22.7 Å². The molecule has 0 bridgehead atoms. The average Bonchev–Trinajstić information content (AvgIpc) is 3.08. The highest BCUT2D eigenvalue weighted by Crippen LogP contribution is 2.28. The van der Waals surface area contributed by atoms with Crippen LogP contribution in [0.25, 0.3) is 10.1 Å². The maximum atomic E-state index is 12.5. The summed E-state index contributed by atoms with van der Waals surface area (Å²) in [6, 6.07) is 12.1. The number of rotatable bonds is 6. The van der Waals surface area contributed by atoms with Gasteiger partial charge in [0.25, 0.3) is 0 Å². The first-order valence-electron chi connectivity index (χ1n) is 8.07. The molecule has 27 heavy (non-hydrogen) atoms. The molecule has 0 atom stereocenters. The van der Waals surface area contributed by atoms with Gasteiger partial charge in [-0.3, -0.25) is 0 Å². The molecule has 0 unspecified atom stereocenters. The van der Waals surface area contributed by atoms with Crippen molar-refractivity contribution in [3.8, 4) is 5.75 Å². The van der Waals surface area contributed by atoms with E-state index in [-0.39, 0.29) is 22.8 Å². The zero-order chi connectivity index (χ0) is 19.6. The van der Waals surface area contributed by atoms with Gasteiger partial charge in [-0.15, -0.1) is 11.3 Å². The quantitative estimate of drug-likeness (QED) is 0.587. The normalized spacial score (nSPS) is 11.7. The second-order valence-electron chi connectivity index (χ2n) is 5.99. The maximum Gasteiger partial charge on any atom is 0.338 e. The molecule has 3 aromatic rings. The summed E-state index contributed by atoms with van der Waals surface area (Å²) in [5, 5.41) is 2.99. The third-order valence-electron chi connectivity index (χ3n) is 4.08. The Balaban J connectivity index is 1.85. The molecule has 0 saturated heterocycles. The Morgan fingerprint density at radius 1 is 1.15 bits per heavy atom. The Morgan fingerprint density at radius 3 is 2.59 bits per heavy atom. The van der Waals surface area contributed by atoms with Crippen LogP contribution in [0.15, 0.2) is 52.7 Å². The SMILES string of the molecule is COc1ccc(C(=O)OCc2csc3ccccc23)cc1S(=O)(=O)N(C)C. The molecule has 142 valence electrons. The van der Waals surface area contributed by atoms with Crippen LogP contribution in [-0.4, -0.2) is 39.9 Å². The highest BCUT2D eigenvalue weighted by molar-refractivity contribution is 7.89. The molecule has 0 spiro atoms. The van der Waals surface area contributed by atoms with Gasteiger partial charge < -0.3 is 9.47 Å². The van der Waals surface area contributed by atoms with Crippen LogP contribution in [0, 0.1) is 0 Å². The van der Waals surface area contributed by atoms with E-state index in [4.69, 9.17) is 9.47 Å². The van der Waals surface area contributed by atoms with E-state index < -0.39 is 16.0 Å². The first kappa shape index (κ1) is 19.3. The van der Waals surface area contributed by atoms with Crippen LogP contribution in [0.3, 0.4) is 0 Å². The first-order valence-corrected chi connectivity index (χ1v) is 10.4. The van der Waals surface area contributed by atoms with Gasteiger partial charge in [0, 0.05) is 24.4 Å². The number of hydrogen-bond acceptors (Lipinski definition) is 6. The average molecular weight is 405 g/mol. The van der Waals surface area contributed by atoms with Crippen molar-refractivity contribution in [3.05, 3.63) is 59.0 Å². The molecule has 0 N–H and O–H groups in total. The van der Waals surface area contributed by atoms with E-state index in [1.807, 2.05) is 29.6 Å². The van der Waals surface area contributed by atoms with Crippen molar-refractivity contribution in [1.29, 1.82) is 0 Å². The Kier molecular flexibility index (Phi) is 5.50. The van der Waals surface area contributed by atoms with Crippen molar-refractivity contribution in [3.63, 3.8) is 0 Å². The number of methoxy groups -OCH3 is 1. The van der Waals surface area contributed by atoms with E-state index >= 15 is 0 Å². The molecule has 8 heteroatoms. The number of carbonyl (C=O) groups is 1. The number of ether oxygens (including phenoxy) is 2. The molecular formula is C19H19NO5S2. The number of fused-ring (bicyclic) bond motifs is 1. The minimum atomic E-state index is -3.76. The molecule has 1 aromatic heterocycles. The third-order valence-corrected chi connectivity index (χ3v) is 6.93. The van der Waals surface area contributed by atoms with Crippen LogP contribution >= 0.6 is 11.3 Å². The summed E-state index contributed by atoms with van der Waals surface area (Å²) in [4.78, 5) is 12.4. The summed E-state index contributed by atoms with van der Waals surface area (Å²) in [5.74, 6) is -0.424. The van der Waals surface area contributed by atoms with Crippen molar-refractivity contribution in [1.82, 2.24) is 4.31 Å². The van der Waals surface area contributed by atoms with E-state index in [9.17, 15) is 13.2 Å². The van der Waals surface area contributed by atoms with Gasteiger partial charge in [-0.1, -0.05) is 18.2 Å². The molecule has 0 saturated carbocycles. The zero-order valence-electron chi connectivity index (χ0n) is 15.1. The van der Waals surface area contributed by atoms with Crippen LogP contribution in [0.4, 0.5) is 0 Å². The predicted molar refractivity (Wildman–Crippen MR) is 105 cm³/mol. The van der Waals surface area contributed by atoms with Crippen LogP contribution in [0.5, 0.6) is 5.75 Å². The molecule has 0 aliphatic rings. The first-order chi connectivity index (χ1) is 12.8. The number of carbonyl (C=O) groups excluding carboxylic acids is 1. The molecule has 0 radical (unpaired) electrons. The molecule has 0 aliphatic heterocycles. The van der Waals surface area contributed by atoms with E-state index in [2.05, 4.69) is 0 Å². The third kappa shape index (κ3) is 3.83. The Hall–Kier alpha value is -2.42. The summed E-state index contributed by atoms with van der Waals surface area (Å²) in [5.41, 5.74) is 1.06. The van der Waals surface area contributed by atoms with Crippen molar-refractivity contribution in [2.24, 2.45) is 0 Å². The highest BCUT2D eigenvalue weighted by atomic mass is 32.2. The number of hydrogen-bond donors (Lipinski definition) is 0. The van der Waals surface area contributed by atoms with E-state index in [0.29, 0.717) is 0 Å². The van der Waals surface area contributed by atoms with Crippen LogP contribution in [-0.2, 0) is 21.4 Å². The molecule has 0 fully saturated rings. The monoisotopic (exact) mass is 405 g/mol. The molecule has 2 aromatic carbocycles. The Labute approximate surface area is 162 Å². The number of benzene rings is 2. The zero-order valence-corrected chi connectivity index (χ0v) is 16.8. The lowest BCUT2D eigenvalue weighted by molar-refractivity contribution is 0.0474. The number of esters is 1. The van der Waals surface area contributed by atoms with E-state index in [1.165, 1.54) is 39.4 Å². The lowest BCUT2D eigenvalue weighted by Gasteiger charge is -2.15. The van der Waals surface area contributed by atoms with Crippen LogP contribution in [0.2, 0.25) is 0 Å². The van der Waals surface area contributed by atoms with Gasteiger partial charge in [0.05, 0.1) is 12.7 Å². The molecule has 0 amide bonds. The van der Waals surface area contributed by atoms with Crippen molar-refractivity contribution in [2.45, 2.75) is 11.5 Å². The molecule has 0 aliphatic carbocycles. The molecule has 3 rings (SSSR count). The van der Waals surface area contributed by atoms with Gasteiger partial charge in [-0.05, 0) is 35.0 Å². The summed E-state index contributed by atoms with van der Waals surface area (Å²) in [6.45, 7) is 0.116. The van der Waals surface area contributed by atoms with Gasteiger partial charge in [0.2, 0.25) is 10.0 Å². The molecular weight excluding hydrogens is 386 g/mol. The standard InChI is InChI=1S/C19H19NO5S2/c1-20(2)27(22,23)18-10-13(8-9-16(18)24-3)19(21)25-11-14-12-26-17-7-5-4-6-15(14)17/h4-10,12H,11H2,1-3H3. The Morgan fingerprint density at radius 2 is 1.89 bits per heavy atom. The lowest BCUT2D eigenvalue weighted by Crippen LogP contribution is -2.23. The fourth-order valence-corrected chi connectivity index (χ4v) is 4.60. The minimum absolute atomic E-state index is 0.0783. The molecule has 6 nitrogen and oxygen atoms in total. The number of thiophene rings is 1. The van der Waals surface area contributed by atoms with E-state index in [0.717, 1.165) is 20.0 Å². The van der Waals surface area contributed by atoms with Gasteiger partial charge in [0.15, 0.2) is 0 Å². The fourth-order valence-electron chi connectivity index (χ4n) is 2.57. The van der Waals surface area contributed by atoms with Gasteiger partial charge >= 0.3 is 5.97 Å². The summed E-state index contributed by atoms with van der Waals surface area (Å²) < 4.78 is 37.7. The topological polar surface area (TPSA) is 72.9 Å². The van der Waals surface area contributed by atoms with Crippen LogP contribution in [0.1, 0.15) is 15.9 Å². The number of sulfonamides is 1. The molecule has 1 heterocycles. The highest BCUT2D eigenvalue weighted by Gasteiger charge is 2.24. The fraction of sp³-hybridized carbons (Fsp3) is 0.211. The summed E-state index contributed by atoms with van der Waals surface area (Å²) in [6.07, 6.45) is 0. The smallest absolute Gasteiger partial charge is 0.338 e. The van der Waals surface area contributed by atoms with E-state index in [1.54, 1.807) is 11.3 Å². The van der Waals surface area contributed by atoms with Gasteiger partial charge in [0.1, 0.15) is 17.3 Å². The Bertz CT molecular complexity index is 1090. The lowest BCUT2D eigenvalue weighted by atomic mass is 10.2. The minimum Gasteiger partial charge on any atom is -0.495 e. The second-order valence-corrected chi connectivity index (χ2v) is 9.02. The predicted octanol–water partition coefficient (Wildman–Crippen LogP) is 3.52. The van der Waals surface area contributed by atoms with Crippen LogP contribution < -0.4 is 4.74 Å². The van der Waals surface area contributed by atoms with Gasteiger partial charge in [-0.2, -0.15) is 0 Å². The van der Waals surface area contributed by atoms with Crippen molar-refractivity contribution >= 4 is 37.4 Å².